The summed E-state index contributed by atoms with van der Waals surface area (Å²) in [5.41, 5.74) is 0. The number of hydrogen-bond donors (Lipinski definition) is 0. The van der Waals surface area contributed by atoms with Gasteiger partial charge in [0.1, 0.15) is 5.01 Å². The fourth-order valence-electron chi connectivity index (χ4n) is 3.98. The highest BCUT2D eigenvalue weighted by atomic mass is 32.1. The molecule has 0 saturated carbocycles. The van der Waals surface area contributed by atoms with Crippen molar-refractivity contribution in [1.29, 1.82) is 0 Å². The summed E-state index contributed by atoms with van der Waals surface area (Å²) in [5.74, 6) is 0.705. The van der Waals surface area contributed by atoms with E-state index in [-0.39, 0.29) is 0 Å². The molecule has 2 saturated heterocycles. The van der Waals surface area contributed by atoms with Gasteiger partial charge in [0.2, 0.25) is 0 Å². The van der Waals surface area contributed by atoms with E-state index in [1.165, 1.54) is 48.8 Å². The van der Waals surface area contributed by atoms with E-state index in [9.17, 15) is 0 Å². The summed E-state index contributed by atoms with van der Waals surface area (Å²) in [6, 6.07) is 1.90. The molecule has 3 heterocycles. The molecule has 1 aromatic heterocycles. The Labute approximate surface area is 133 Å². The van der Waals surface area contributed by atoms with Crippen molar-refractivity contribution in [3.8, 4) is 0 Å². The Balaban J connectivity index is 1.80. The molecule has 3 atom stereocenters. The van der Waals surface area contributed by atoms with Crippen LogP contribution < -0.4 is 0 Å². The van der Waals surface area contributed by atoms with Crippen molar-refractivity contribution in [1.82, 2.24) is 14.8 Å². The zero-order valence-electron chi connectivity index (χ0n) is 13.9. The van der Waals surface area contributed by atoms with Gasteiger partial charge in [-0.2, -0.15) is 0 Å². The van der Waals surface area contributed by atoms with E-state index in [0.29, 0.717) is 18.0 Å². The van der Waals surface area contributed by atoms with E-state index in [2.05, 4.69) is 42.5 Å². The molecule has 2 fully saturated rings. The number of hydrogen-bond acceptors (Lipinski definition) is 4. The summed E-state index contributed by atoms with van der Waals surface area (Å²) in [4.78, 5) is 11.5. The van der Waals surface area contributed by atoms with E-state index in [1.807, 2.05) is 17.5 Å². The van der Waals surface area contributed by atoms with Crippen molar-refractivity contribution < 1.29 is 0 Å². The van der Waals surface area contributed by atoms with E-state index < -0.39 is 0 Å². The van der Waals surface area contributed by atoms with Crippen LogP contribution in [0.2, 0.25) is 0 Å². The number of thiazole rings is 1. The molecule has 0 radical (unpaired) electrons. The number of piperazine rings is 1. The number of aryl methyl sites for hydroxylation is 1. The molecule has 4 heteroatoms. The molecule has 3 unspecified atom stereocenters. The maximum atomic E-state index is 4.65. The van der Waals surface area contributed by atoms with Gasteiger partial charge in [0.25, 0.3) is 0 Å². The van der Waals surface area contributed by atoms with Crippen LogP contribution in [0.1, 0.15) is 56.0 Å². The highest BCUT2D eigenvalue weighted by Gasteiger charge is 2.38. The third-order valence-electron chi connectivity index (χ3n) is 5.28. The number of aromatic nitrogens is 1. The topological polar surface area (TPSA) is 19.4 Å². The zero-order chi connectivity index (χ0) is 15.0. The Hall–Kier alpha value is -0.450. The van der Waals surface area contributed by atoms with Gasteiger partial charge in [-0.3, -0.25) is 9.80 Å². The largest absolute Gasteiger partial charge is 0.298 e. The van der Waals surface area contributed by atoms with Crippen molar-refractivity contribution in [3.63, 3.8) is 0 Å². The lowest BCUT2D eigenvalue weighted by Crippen LogP contribution is -2.61. The van der Waals surface area contributed by atoms with Gasteiger partial charge in [0.15, 0.2) is 0 Å². The lowest BCUT2D eigenvalue weighted by molar-refractivity contribution is -0.0272. The van der Waals surface area contributed by atoms with Gasteiger partial charge < -0.3 is 0 Å². The van der Waals surface area contributed by atoms with Gasteiger partial charge in [-0.1, -0.05) is 20.3 Å². The Bertz CT molecular complexity index is 470. The second kappa shape index (κ2) is 6.35. The summed E-state index contributed by atoms with van der Waals surface area (Å²) >= 11 is 1.87. The molecule has 21 heavy (non-hydrogen) atoms. The normalized spacial score (nSPS) is 29.6. The summed E-state index contributed by atoms with van der Waals surface area (Å²) in [6.07, 6.45) is 6.21. The number of rotatable bonds is 3. The van der Waals surface area contributed by atoms with Gasteiger partial charge in [-0.25, -0.2) is 4.98 Å². The van der Waals surface area contributed by atoms with Crippen LogP contribution in [-0.4, -0.2) is 46.5 Å². The van der Waals surface area contributed by atoms with Crippen molar-refractivity contribution in [3.05, 3.63) is 16.1 Å². The highest BCUT2D eigenvalue weighted by Crippen LogP contribution is 2.34. The molecule has 0 aromatic carbocycles. The molecule has 0 amide bonds. The molecule has 0 spiro atoms. The molecule has 0 bridgehead atoms. The summed E-state index contributed by atoms with van der Waals surface area (Å²) in [6.45, 7) is 13.1. The Kier molecular flexibility index (Phi) is 4.67. The molecule has 2 aliphatic rings. The van der Waals surface area contributed by atoms with Crippen molar-refractivity contribution in [2.24, 2.45) is 5.92 Å². The average Bonchev–Trinajstić information content (AvgIpc) is 2.91. The number of piperidine rings is 1. The number of fused-ring (bicyclic) bond motifs is 1. The van der Waals surface area contributed by atoms with Gasteiger partial charge in [0, 0.05) is 36.2 Å². The molecule has 3 rings (SSSR count). The van der Waals surface area contributed by atoms with E-state index in [0.717, 1.165) is 6.04 Å². The van der Waals surface area contributed by atoms with Crippen LogP contribution in [0.25, 0.3) is 0 Å². The lowest BCUT2D eigenvalue weighted by atomic mass is 9.91. The first-order chi connectivity index (χ1) is 10.1. The first-order valence-electron chi connectivity index (χ1n) is 8.48. The van der Waals surface area contributed by atoms with E-state index >= 15 is 0 Å². The maximum Gasteiger partial charge on any atom is 0.110 e. The van der Waals surface area contributed by atoms with Gasteiger partial charge in [0.05, 0.1) is 6.04 Å². The van der Waals surface area contributed by atoms with Crippen LogP contribution in [0.15, 0.2) is 6.20 Å². The molecular weight excluding hydrogens is 278 g/mol. The third kappa shape index (κ3) is 3.17. The minimum Gasteiger partial charge on any atom is -0.298 e. The van der Waals surface area contributed by atoms with Gasteiger partial charge in [-0.05, 0) is 39.2 Å². The summed E-state index contributed by atoms with van der Waals surface area (Å²) < 4.78 is 0. The molecule has 118 valence electrons. The van der Waals surface area contributed by atoms with Gasteiger partial charge >= 0.3 is 0 Å². The number of nitrogens with zero attached hydrogens (tertiary/aromatic N) is 3. The van der Waals surface area contributed by atoms with Crippen molar-refractivity contribution >= 4 is 11.3 Å². The Morgan fingerprint density at radius 1 is 1.24 bits per heavy atom. The third-order valence-corrected chi connectivity index (χ3v) is 6.36. The molecule has 3 nitrogen and oxygen atoms in total. The molecule has 1 aromatic rings. The second-order valence-electron chi connectivity index (χ2n) is 7.14. The van der Waals surface area contributed by atoms with Crippen LogP contribution in [0.3, 0.4) is 0 Å². The molecule has 2 aliphatic heterocycles. The van der Waals surface area contributed by atoms with Crippen LogP contribution in [-0.2, 0) is 0 Å². The highest BCUT2D eigenvalue weighted by molar-refractivity contribution is 7.11. The van der Waals surface area contributed by atoms with Crippen LogP contribution in [0, 0.1) is 12.8 Å². The SMILES string of the molecule is Cc1cnc(C(C)N2CC3CCCCN3CC2C(C)C)s1. The van der Waals surface area contributed by atoms with Crippen molar-refractivity contribution in [2.45, 2.75) is 65.1 Å². The zero-order valence-corrected chi connectivity index (χ0v) is 14.7. The average molecular weight is 308 g/mol. The van der Waals surface area contributed by atoms with Crippen LogP contribution >= 0.6 is 11.3 Å². The quantitative estimate of drug-likeness (QED) is 0.848. The monoisotopic (exact) mass is 307 g/mol. The minimum absolute atomic E-state index is 0.458. The predicted octanol–water partition coefficient (Wildman–Crippen LogP) is 3.71. The smallest absolute Gasteiger partial charge is 0.110 e. The van der Waals surface area contributed by atoms with Crippen molar-refractivity contribution in [2.75, 3.05) is 19.6 Å². The second-order valence-corrected chi connectivity index (χ2v) is 8.40. The molecule has 0 aliphatic carbocycles. The molecular formula is C17H29N3S. The summed E-state index contributed by atoms with van der Waals surface area (Å²) in [7, 11) is 0. The first kappa shape index (κ1) is 15.4. The lowest BCUT2D eigenvalue weighted by Gasteiger charge is -2.51. The van der Waals surface area contributed by atoms with Crippen LogP contribution in [0.4, 0.5) is 0 Å². The predicted molar refractivity (Wildman–Crippen MR) is 89.8 cm³/mol. The fourth-order valence-corrected chi connectivity index (χ4v) is 4.82. The Morgan fingerprint density at radius 2 is 2.05 bits per heavy atom. The standard InChI is InChI=1S/C17H29N3S/c1-12(2)16-11-19-8-6-5-7-15(19)10-20(16)14(4)17-18-9-13(3)21-17/h9,12,14-16H,5-8,10-11H2,1-4H3. The van der Waals surface area contributed by atoms with E-state index in [4.69, 9.17) is 0 Å². The van der Waals surface area contributed by atoms with E-state index in [1.54, 1.807) is 0 Å². The molecule has 0 N–H and O–H groups in total. The van der Waals surface area contributed by atoms with Crippen LogP contribution in [0.5, 0.6) is 0 Å². The minimum atomic E-state index is 0.458. The first-order valence-corrected chi connectivity index (χ1v) is 9.30. The Morgan fingerprint density at radius 3 is 2.71 bits per heavy atom. The summed E-state index contributed by atoms with van der Waals surface area (Å²) in [5, 5.41) is 1.29. The van der Waals surface area contributed by atoms with Gasteiger partial charge in [-0.15, -0.1) is 11.3 Å². The fraction of sp³-hybridized carbons (Fsp3) is 0.824. The maximum absolute atomic E-state index is 4.65.